The van der Waals surface area contributed by atoms with Gasteiger partial charge < -0.3 is 15.0 Å². The Balaban J connectivity index is 1.68. The molecule has 3 rings (SSSR count). The average molecular weight is 414 g/mol. The lowest BCUT2D eigenvalue weighted by Crippen LogP contribution is -2.34. The van der Waals surface area contributed by atoms with Crippen LogP contribution in [-0.4, -0.2) is 71.3 Å². The maximum absolute atomic E-state index is 11.8. The smallest absolute Gasteiger partial charge is 0.248 e. The van der Waals surface area contributed by atoms with E-state index in [1.165, 1.54) is 23.0 Å². The highest BCUT2D eigenvalue weighted by Crippen LogP contribution is 2.29. The highest BCUT2D eigenvalue weighted by molar-refractivity contribution is 5.88. The minimum Gasteiger partial charge on any atom is -0.370 e. The molecule has 0 spiro atoms. The van der Waals surface area contributed by atoms with Crippen molar-refractivity contribution >= 4 is 17.5 Å². The number of carbonyl (C=O) groups is 2. The zero-order valence-corrected chi connectivity index (χ0v) is 18.2. The maximum atomic E-state index is 11.8. The van der Waals surface area contributed by atoms with E-state index in [9.17, 15) is 9.59 Å². The Bertz CT molecular complexity index is 862. The molecule has 30 heavy (non-hydrogen) atoms. The van der Waals surface area contributed by atoms with E-state index in [0.717, 1.165) is 19.5 Å². The van der Waals surface area contributed by atoms with Crippen molar-refractivity contribution in [2.24, 2.45) is 0 Å². The van der Waals surface area contributed by atoms with Crippen LogP contribution in [0.25, 0.3) is 0 Å². The number of hydrogen-bond donors (Lipinski definition) is 1. The molecule has 1 fully saturated rings. The summed E-state index contributed by atoms with van der Waals surface area (Å²) in [5.41, 5.74) is 3.18. The predicted octanol–water partition coefficient (Wildman–Crippen LogP) is 2.07. The molecule has 2 heterocycles. The van der Waals surface area contributed by atoms with Gasteiger partial charge in [0.15, 0.2) is 0 Å². The summed E-state index contributed by atoms with van der Waals surface area (Å²) in [6, 6.07) is 8.91. The van der Waals surface area contributed by atoms with Crippen LogP contribution >= 0.6 is 0 Å². The van der Waals surface area contributed by atoms with Crippen LogP contribution in [0.2, 0.25) is 0 Å². The standard InChI is InChI=1S/C22H31N5O3/c1-16-5-7-18(8-6-16)11-26-13-20(27-12-19(10-23-27)24-17(2)28)9-21(26)14-30-15-22(29)25(3)4/h5-8,10,12,20-21H,9,11,13-15H2,1-4H3,(H,24,28)/t20-,21-/m0/s1. The minimum absolute atomic E-state index is 0.0401. The van der Waals surface area contributed by atoms with E-state index in [1.54, 1.807) is 20.3 Å². The minimum atomic E-state index is -0.112. The van der Waals surface area contributed by atoms with Crippen molar-refractivity contribution < 1.29 is 14.3 Å². The number of nitrogens with zero attached hydrogens (tertiary/aromatic N) is 4. The van der Waals surface area contributed by atoms with Gasteiger partial charge in [-0.15, -0.1) is 0 Å². The number of likely N-dealkylation sites (tertiary alicyclic amines) is 1. The lowest BCUT2D eigenvalue weighted by molar-refractivity contribution is -0.134. The van der Waals surface area contributed by atoms with Gasteiger partial charge in [-0.2, -0.15) is 5.10 Å². The number of rotatable bonds is 8. The number of aryl methyl sites for hydroxylation is 1. The number of amides is 2. The number of ether oxygens (including phenoxy) is 1. The molecule has 8 nitrogen and oxygen atoms in total. The molecule has 2 amide bonds. The van der Waals surface area contributed by atoms with Crippen LogP contribution in [0, 0.1) is 6.92 Å². The van der Waals surface area contributed by atoms with E-state index in [2.05, 4.69) is 46.5 Å². The van der Waals surface area contributed by atoms with E-state index in [4.69, 9.17) is 4.74 Å². The fraction of sp³-hybridized carbons (Fsp3) is 0.500. The summed E-state index contributed by atoms with van der Waals surface area (Å²) < 4.78 is 7.67. The van der Waals surface area contributed by atoms with E-state index >= 15 is 0 Å². The molecule has 1 aliphatic heterocycles. The van der Waals surface area contributed by atoms with Gasteiger partial charge in [0.2, 0.25) is 11.8 Å². The highest BCUT2D eigenvalue weighted by Gasteiger charge is 2.34. The van der Waals surface area contributed by atoms with Crippen LogP contribution in [0.15, 0.2) is 36.7 Å². The summed E-state index contributed by atoms with van der Waals surface area (Å²) >= 11 is 0. The van der Waals surface area contributed by atoms with Crippen LogP contribution in [0.5, 0.6) is 0 Å². The molecule has 0 radical (unpaired) electrons. The first-order chi connectivity index (χ1) is 14.3. The molecule has 1 saturated heterocycles. The van der Waals surface area contributed by atoms with Gasteiger partial charge in [0.1, 0.15) is 6.61 Å². The summed E-state index contributed by atoms with van der Waals surface area (Å²) in [4.78, 5) is 27.0. The first-order valence-electron chi connectivity index (χ1n) is 10.2. The number of benzene rings is 1. The van der Waals surface area contributed by atoms with Gasteiger partial charge in [-0.25, -0.2) is 0 Å². The number of aromatic nitrogens is 2. The zero-order chi connectivity index (χ0) is 21.7. The second-order valence-electron chi connectivity index (χ2n) is 8.15. The monoisotopic (exact) mass is 413 g/mol. The molecule has 2 atom stereocenters. The van der Waals surface area contributed by atoms with E-state index in [1.807, 2.05) is 10.9 Å². The molecule has 0 unspecified atom stereocenters. The van der Waals surface area contributed by atoms with Gasteiger partial charge in [-0.3, -0.25) is 19.2 Å². The summed E-state index contributed by atoms with van der Waals surface area (Å²) in [7, 11) is 3.46. The van der Waals surface area contributed by atoms with E-state index in [-0.39, 0.29) is 30.5 Å². The van der Waals surface area contributed by atoms with Gasteiger partial charge in [0, 0.05) is 46.3 Å². The van der Waals surface area contributed by atoms with Gasteiger partial charge >= 0.3 is 0 Å². The molecule has 8 heteroatoms. The molecular formula is C22H31N5O3. The molecular weight excluding hydrogens is 382 g/mol. The summed E-state index contributed by atoms with van der Waals surface area (Å²) in [6.45, 7) is 5.77. The Morgan fingerprint density at radius 1 is 1.27 bits per heavy atom. The Kier molecular flexibility index (Phi) is 7.23. The normalized spacial score (nSPS) is 19.1. The first kappa shape index (κ1) is 22.0. The summed E-state index contributed by atoms with van der Waals surface area (Å²) in [6.07, 6.45) is 4.41. The van der Waals surface area contributed by atoms with Gasteiger partial charge in [0.05, 0.1) is 24.5 Å². The van der Waals surface area contributed by atoms with Crippen molar-refractivity contribution in [3.8, 4) is 0 Å². The Labute approximate surface area is 177 Å². The quantitative estimate of drug-likeness (QED) is 0.717. The third-order valence-corrected chi connectivity index (χ3v) is 5.34. The SMILES string of the molecule is CC(=O)Nc1cnn([C@H]2C[C@@H](COCC(=O)N(C)C)N(Cc3ccc(C)cc3)C2)c1. The van der Waals surface area contributed by atoms with Crippen molar-refractivity contribution in [3.63, 3.8) is 0 Å². The van der Waals surface area contributed by atoms with Crippen molar-refractivity contribution in [2.45, 2.75) is 38.9 Å². The number of nitrogens with one attached hydrogen (secondary N) is 1. The maximum Gasteiger partial charge on any atom is 0.248 e. The predicted molar refractivity (Wildman–Crippen MR) is 115 cm³/mol. The second kappa shape index (κ2) is 9.86. The largest absolute Gasteiger partial charge is 0.370 e. The Morgan fingerprint density at radius 2 is 2.00 bits per heavy atom. The Morgan fingerprint density at radius 3 is 2.67 bits per heavy atom. The number of carbonyl (C=O) groups excluding carboxylic acids is 2. The molecule has 1 aromatic heterocycles. The first-order valence-corrected chi connectivity index (χ1v) is 10.2. The third-order valence-electron chi connectivity index (χ3n) is 5.34. The highest BCUT2D eigenvalue weighted by atomic mass is 16.5. The van der Waals surface area contributed by atoms with Gasteiger partial charge in [0.25, 0.3) is 0 Å². The molecule has 2 aromatic rings. The molecule has 0 bridgehead atoms. The number of likely N-dealkylation sites (N-methyl/N-ethyl adjacent to an activating group) is 1. The van der Waals surface area contributed by atoms with E-state index in [0.29, 0.717) is 12.3 Å². The van der Waals surface area contributed by atoms with Crippen LogP contribution < -0.4 is 5.32 Å². The molecule has 1 N–H and O–H groups in total. The van der Waals surface area contributed by atoms with Crippen LogP contribution in [0.1, 0.15) is 30.5 Å². The van der Waals surface area contributed by atoms with Crippen molar-refractivity contribution in [2.75, 3.05) is 39.2 Å². The van der Waals surface area contributed by atoms with E-state index < -0.39 is 0 Å². The van der Waals surface area contributed by atoms with Crippen LogP contribution in [-0.2, 0) is 20.9 Å². The topological polar surface area (TPSA) is 79.7 Å². The van der Waals surface area contributed by atoms with Gasteiger partial charge in [-0.05, 0) is 18.9 Å². The van der Waals surface area contributed by atoms with Crippen molar-refractivity contribution in [1.82, 2.24) is 19.6 Å². The Hall–Kier alpha value is -2.71. The fourth-order valence-electron chi connectivity index (χ4n) is 3.66. The van der Waals surface area contributed by atoms with Crippen LogP contribution in [0.3, 0.4) is 0 Å². The molecule has 0 aliphatic carbocycles. The number of anilines is 1. The van der Waals surface area contributed by atoms with Gasteiger partial charge in [-0.1, -0.05) is 29.8 Å². The molecule has 162 valence electrons. The summed E-state index contributed by atoms with van der Waals surface area (Å²) in [5, 5.41) is 7.21. The fourth-order valence-corrected chi connectivity index (χ4v) is 3.66. The molecule has 1 aromatic carbocycles. The molecule has 0 saturated carbocycles. The lowest BCUT2D eigenvalue weighted by atomic mass is 10.1. The summed E-state index contributed by atoms with van der Waals surface area (Å²) in [5.74, 6) is -0.152. The lowest BCUT2D eigenvalue weighted by Gasteiger charge is -2.24. The zero-order valence-electron chi connectivity index (χ0n) is 18.2. The van der Waals surface area contributed by atoms with Crippen LogP contribution in [0.4, 0.5) is 5.69 Å². The molecule has 1 aliphatic rings. The third kappa shape index (κ3) is 5.90. The second-order valence-corrected chi connectivity index (χ2v) is 8.15. The number of hydrogen-bond acceptors (Lipinski definition) is 5. The van der Waals surface area contributed by atoms with Crippen molar-refractivity contribution in [3.05, 3.63) is 47.8 Å². The average Bonchev–Trinajstić information content (AvgIpc) is 3.30. The van der Waals surface area contributed by atoms with Crippen molar-refractivity contribution in [1.29, 1.82) is 0 Å².